The molecule has 2 aromatic rings. The summed E-state index contributed by atoms with van der Waals surface area (Å²) in [6, 6.07) is 9.29. The highest BCUT2D eigenvalue weighted by molar-refractivity contribution is 5.99. The Labute approximate surface area is 117 Å². The van der Waals surface area contributed by atoms with E-state index in [0.29, 0.717) is 17.9 Å². The molecule has 4 nitrogen and oxygen atoms in total. The maximum absolute atomic E-state index is 12.5. The number of carbonyl (C=O) groups is 1. The number of aromatic nitrogens is 1. The molecule has 3 rings (SSSR count). The maximum Gasteiger partial charge on any atom is 0.272 e. The second kappa shape index (κ2) is 4.96. The fraction of sp³-hybridized carbons (Fsp3) is 0.250. The van der Waals surface area contributed by atoms with E-state index in [0.717, 1.165) is 23.9 Å². The van der Waals surface area contributed by atoms with Crippen LogP contribution in [0.2, 0.25) is 0 Å². The molecule has 1 aromatic heterocycles. The van der Waals surface area contributed by atoms with Gasteiger partial charge in [-0.25, -0.2) is 4.98 Å². The van der Waals surface area contributed by atoms with Crippen LogP contribution in [0.1, 0.15) is 23.8 Å². The number of amides is 1. The molecule has 0 saturated carbocycles. The lowest BCUT2D eigenvalue weighted by Gasteiger charge is -2.26. The van der Waals surface area contributed by atoms with Crippen molar-refractivity contribution in [2.45, 2.75) is 13.3 Å². The van der Waals surface area contributed by atoms with E-state index in [4.69, 9.17) is 5.73 Å². The predicted octanol–water partition coefficient (Wildman–Crippen LogP) is 2.61. The molecule has 1 aliphatic heterocycles. The molecule has 1 aromatic carbocycles. The second-order valence-corrected chi connectivity index (χ2v) is 5.18. The maximum atomic E-state index is 12.5. The summed E-state index contributed by atoms with van der Waals surface area (Å²) in [5, 5.41) is 0.888. The van der Waals surface area contributed by atoms with E-state index in [9.17, 15) is 4.79 Å². The number of pyridine rings is 1. The molecule has 0 fully saturated rings. The Kier molecular flexibility index (Phi) is 3.14. The van der Waals surface area contributed by atoms with Crippen LogP contribution in [0.25, 0.3) is 10.9 Å². The largest absolute Gasteiger partial charge is 0.398 e. The number of nitrogen functional groups attached to an aromatic ring is 1. The van der Waals surface area contributed by atoms with Crippen LogP contribution in [0.5, 0.6) is 0 Å². The van der Waals surface area contributed by atoms with Crippen molar-refractivity contribution >= 4 is 22.5 Å². The van der Waals surface area contributed by atoms with Gasteiger partial charge in [0.05, 0.1) is 5.52 Å². The Balaban J connectivity index is 1.98. The van der Waals surface area contributed by atoms with E-state index in [1.54, 1.807) is 6.07 Å². The van der Waals surface area contributed by atoms with Gasteiger partial charge in [-0.05, 0) is 25.5 Å². The molecule has 0 radical (unpaired) electrons. The molecule has 1 amide bonds. The smallest absolute Gasteiger partial charge is 0.272 e. The minimum Gasteiger partial charge on any atom is -0.398 e. The second-order valence-electron chi connectivity index (χ2n) is 5.18. The van der Waals surface area contributed by atoms with Gasteiger partial charge < -0.3 is 10.6 Å². The topological polar surface area (TPSA) is 59.2 Å². The number of nitrogens with two attached hydrogens (primary N) is 1. The van der Waals surface area contributed by atoms with Gasteiger partial charge in [-0.1, -0.05) is 29.8 Å². The fourth-order valence-electron chi connectivity index (χ4n) is 2.56. The van der Waals surface area contributed by atoms with E-state index < -0.39 is 0 Å². The van der Waals surface area contributed by atoms with Crippen molar-refractivity contribution in [3.05, 3.63) is 47.7 Å². The van der Waals surface area contributed by atoms with E-state index in [1.165, 1.54) is 5.57 Å². The van der Waals surface area contributed by atoms with Crippen LogP contribution in [0.4, 0.5) is 5.69 Å². The average Bonchev–Trinajstić information content (AvgIpc) is 2.46. The van der Waals surface area contributed by atoms with Crippen LogP contribution in [0.15, 0.2) is 42.0 Å². The fourth-order valence-corrected chi connectivity index (χ4v) is 2.56. The van der Waals surface area contributed by atoms with Crippen molar-refractivity contribution in [1.29, 1.82) is 0 Å². The number of carbonyl (C=O) groups excluding carboxylic acids is 1. The first-order valence-electron chi connectivity index (χ1n) is 6.75. The molecule has 4 heteroatoms. The molecule has 1 aliphatic rings. The van der Waals surface area contributed by atoms with Gasteiger partial charge in [0.1, 0.15) is 5.69 Å². The molecule has 102 valence electrons. The van der Waals surface area contributed by atoms with Gasteiger partial charge in [0.15, 0.2) is 0 Å². The van der Waals surface area contributed by atoms with Crippen molar-refractivity contribution < 1.29 is 4.79 Å². The highest BCUT2D eigenvalue weighted by Crippen LogP contribution is 2.21. The van der Waals surface area contributed by atoms with Gasteiger partial charge in [0, 0.05) is 24.2 Å². The summed E-state index contributed by atoms with van der Waals surface area (Å²) < 4.78 is 0. The molecule has 0 aliphatic carbocycles. The highest BCUT2D eigenvalue weighted by atomic mass is 16.2. The van der Waals surface area contributed by atoms with Gasteiger partial charge >= 0.3 is 0 Å². The monoisotopic (exact) mass is 267 g/mol. The lowest BCUT2D eigenvalue weighted by molar-refractivity contribution is 0.0760. The van der Waals surface area contributed by atoms with E-state index in [-0.39, 0.29) is 5.91 Å². The molecule has 20 heavy (non-hydrogen) atoms. The van der Waals surface area contributed by atoms with E-state index in [2.05, 4.69) is 11.1 Å². The first kappa shape index (κ1) is 12.7. The molecule has 0 saturated heterocycles. The summed E-state index contributed by atoms with van der Waals surface area (Å²) in [6.07, 6.45) is 3.08. The average molecular weight is 267 g/mol. The van der Waals surface area contributed by atoms with Crippen molar-refractivity contribution in [3.63, 3.8) is 0 Å². The summed E-state index contributed by atoms with van der Waals surface area (Å²) in [4.78, 5) is 18.8. The van der Waals surface area contributed by atoms with Crippen molar-refractivity contribution in [2.24, 2.45) is 0 Å². The van der Waals surface area contributed by atoms with Crippen molar-refractivity contribution in [2.75, 3.05) is 18.8 Å². The van der Waals surface area contributed by atoms with Gasteiger partial charge in [-0.3, -0.25) is 4.79 Å². The molecule has 0 unspecified atom stereocenters. The Morgan fingerprint density at radius 3 is 2.95 bits per heavy atom. The number of nitrogens with zero attached hydrogens (tertiary/aromatic N) is 2. The zero-order valence-corrected chi connectivity index (χ0v) is 11.5. The Hall–Kier alpha value is -2.36. The first-order chi connectivity index (χ1) is 9.65. The molecule has 2 N–H and O–H groups in total. The van der Waals surface area contributed by atoms with Crippen LogP contribution in [-0.4, -0.2) is 28.9 Å². The lowest BCUT2D eigenvalue weighted by Crippen LogP contribution is -2.35. The molecular weight excluding hydrogens is 250 g/mol. The zero-order chi connectivity index (χ0) is 14.1. The van der Waals surface area contributed by atoms with Crippen LogP contribution >= 0.6 is 0 Å². The molecule has 0 bridgehead atoms. The molecular formula is C16H17N3O. The number of hydrogen-bond donors (Lipinski definition) is 1. The third-order valence-corrected chi connectivity index (χ3v) is 3.59. The van der Waals surface area contributed by atoms with Gasteiger partial charge in [-0.2, -0.15) is 0 Å². The third kappa shape index (κ3) is 2.25. The number of para-hydroxylation sites is 1. The number of hydrogen-bond acceptors (Lipinski definition) is 3. The number of rotatable bonds is 1. The third-order valence-electron chi connectivity index (χ3n) is 3.59. The van der Waals surface area contributed by atoms with Crippen molar-refractivity contribution in [3.8, 4) is 0 Å². The van der Waals surface area contributed by atoms with Gasteiger partial charge in [-0.15, -0.1) is 0 Å². The molecule has 2 heterocycles. The van der Waals surface area contributed by atoms with Crippen LogP contribution < -0.4 is 5.73 Å². The Morgan fingerprint density at radius 2 is 2.15 bits per heavy atom. The summed E-state index contributed by atoms with van der Waals surface area (Å²) in [5.41, 5.74) is 9.04. The number of benzene rings is 1. The molecule has 0 atom stereocenters. The number of fused-ring (bicyclic) bond motifs is 1. The van der Waals surface area contributed by atoms with E-state index in [1.807, 2.05) is 36.1 Å². The summed E-state index contributed by atoms with van der Waals surface area (Å²) in [6.45, 7) is 3.46. The van der Waals surface area contributed by atoms with Crippen molar-refractivity contribution in [1.82, 2.24) is 9.88 Å². The van der Waals surface area contributed by atoms with Gasteiger partial charge in [0.25, 0.3) is 5.91 Å². The highest BCUT2D eigenvalue weighted by Gasteiger charge is 2.20. The van der Waals surface area contributed by atoms with E-state index >= 15 is 0 Å². The molecule has 0 spiro atoms. The minimum absolute atomic E-state index is 0.0464. The van der Waals surface area contributed by atoms with Crippen LogP contribution in [0.3, 0.4) is 0 Å². The zero-order valence-electron chi connectivity index (χ0n) is 11.5. The van der Waals surface area contributed by atoms with Gasteiger partial charge in [0.2, 0.25) is 0 Å². The minimum atomic E-state index is -0.0464. The standard InChI is InChI=1S/C16H17N3O/c1-11-5-4-8-19(10-11)16(20)15-9-13(17)12-6-2-3-7-14(12)18-15/h2-3,5-7,9H,4,8,10H2,1H3,(H2,17,18). The summed E-state index contributed by atoms with van der Waals surface area (Å²) in [5.74, 6) is -0.0464. The lowest BCUT2D eigenvalue weighted by atomic mass is 10.1. The van der Waals surface area contributed by atoms with Crippen LogP contribution in [0, 0.1) is 0 Å². The summed E-state index contributed by atoms with van der Waals surface area (Å²) in [7, 11) is 0. The Bertz CT molecular complexity index is 706. The Morgan fingerprint density at radius 1 is 1.35 bits per heavy atom. The number of anilines is 1. The normalized spacial score (nSPS) is 15.2. The quantitative estimate of drug-likeness (QED) is 0.808. The first-order valence-corrected chi connectivity index (χ1v) is 6.75. The van der Waals surface area contributed by atoms with Crippen LogP contribution in [-0.2, 0) is 0 Å². The predicted molar refractivity (Wildman–Crippen MR) is 80.4 cm³/mol. The SMILES string of the molecule is CC1=CCCN(C(=O)c2cc(N)c3ccccc3n2)C1. The summed E-state index contributed by atoms with van der Waals surface area (Å²) >= 11 is 0.